The number of rotatable bonds is 3. The molecule has 0 saturated carbocycles. The molecule has 1 atom stereocenters. The molecule has 0 unspecified atom stereocenters. The van der Waals surface area contributed by atoms with E-state index < -0.39 is 5.97 Å². The van der Waals surface area contributed by atoms with Gasteiger partial charge >= 0.3 is 5.97 Å². The first-order valence-corrected chi connectivity index (χ1v) is 8.42. The minimum atomic E-state index is -0.402. The zero-order chi connectivity index (χ0) is 18.1. The Morgan fingerprint density at radius 2 is 1.65 bits per heavy atom. The van der Waals surface area contributed by atoms with Crippen LogP contribution in [0.1, 0.15) is 17.0 Å². The molecule has 1 aliphatic heterocycles. The van der Waals surface area contributed by atoms with Crippen LogP contribution in [-0.4, -0.2) is 13.1 Å². The van der Waals surface area contributed by atoms with E-state index in [1.165, 1.54) is 7.11 Å². The average Bonchev–Trinajstić information content (AvgIpc) is 3.05. The summed E-state index contributed by atoms with van der Waals surface area (Å²) in [7, 11) is 1.39. The van der Waals surface area contributed by atoms with Gasteiger partial charge in [0.25, 0.3) is 0 Å². The lowest BCUT2D eigenvalue weighted by atomic mass is 9.88. The molecular weight excluding hydrogens is 324 g/mol. The summed E-state index contributed by atoms with van der Waals surface area (Å²) in [6, 6.07) is 23.8. The number of fused-ring (bicyclic) bond motifs is 1. The van der Waals surface area contributed by atoms with Crippen LogP contribution in [0.3, 0.4) is 0 Å². The minimum Gasteiger partial charge on any atom is -0.466 e. The topological polar surface area (TPSA) is 35.5 Å². The smallest absolute Gasteiger partial charge is 0.338 e. The van der Waals surface area contributed by atoms with Gasteiger partial charge in [-0.05, 0) is 16.3 Å². The lowest BCUT2D eigenvalue weighted by molar-refractivity contribution is -0.136. The number of hydrogen-bond donors (Lipinski definition) is 0. The summed E-state index contributed by atoms with van der Waals surface area (Å²) in [4.78, 5) is 12.6. The van der Waals surface area contributed by atoms with Crippen molar-refractivity contribution in [2.45, 2.75) is 5.92 Å². The number of carbonyl (C=O) groups is 1. The Morgan fingerprint density at radius 1 is 0.962 bits per heavy atom. The fourth-order valence-corrected chi connectivity index (χ4v) is 3.40. The van der Waals surface area contributed by atoms with Crippen molar-refractivity contribution >= 4 is 22.5 Å². The van der Waals surface area contributed by atoms with Crippen molar-refractivity contribution < 1.29 is 14.3 Å². The Balaban J connectivity index is 1.88. The van der Waals surface area contributed by atoms with E-state index in [1.54, 1.807) is 0 Å². The first-order valence-electron chi connectivity index (χ1n) is 8.42. The number of benzene rings is 3. The van der Waals surface area contributed by atoms with Gasteiger partial charge in [0.15, 0.2) is 0 Å². The highest BCUT2D eigenvalue weighted by molar-refractivity contribution is 6.00. The Morgan fingerprint density at radius 3 is 2.38 bits per heavy atom. The highest BCUT2D eigenvalue weighted by atomic mass is 16.5. The maximum atomic E-state index is 12.6. The van der Waals surface area contributed by atoms with Crippen LogP contribution in [0.15, 0.2) is 90.7 Å². The lowest BCUT2D eigenvalue weighted by Gasteiger charge is -2.14. The summed E-state index contributed by atoms with van der Waals surface area (Å²) < 4.78 is 11.0. The maximum absolute atomic E-state index is 12.6. The van der Waals surface area contributed by atoms with E-state index in [9.17, 15) is 4.79 Å². The standard InChI is InChI=1S/C23H18O3/c1-15-20(19-13-12-16-8-6-7-11-18(16)14-19)21(23(24)25-2)22(26-15)17-9-4-3-5-10-17/h3-14,20H,1H2,2H3/t20-/m1/s1. The largest absolute Gasteiger partial charge is 0.466 e. The predicted molar refractivity (Wildman–Crippen MR) is 102 cm³/mol. The monoisotopic (exact) mass is 342 g/mol. The second-order valence-corrected chi connectivity index (χ2v) is 6.21. The molecule has 0 aliphatic carbocycles. The van der Waals surface area contributed by atoms with E-state index in [2.05, 4.69) is 24.8 Å². The van der Waals surface area contributed by atoms with E-state index >= 15 is 0 Å². The number of methoxy groups -OCH3 is 1. The normalized spacial score (nSPS) is 16.7. The third kappa shape index (κ3) is 2.68. The molecule has 0 amide bonds. The predicted octanol–water partition coefficient (Wildman–Crippen LogP) is 5.05. The van der Waals surface area contributed by atoms with Gasteiger partial charge in [0.2, 0.25) is 0 Å². The Bertz CT molecular complexity index is 1030. The van der Waals surface area contributed by atoms with Crippen LogP contribution < -0.4 is 0 Å². The third-order valence-electron chi connectivity index (χ3n) is 4.64. The molecule has 0 radical (unpaired) electrons. The van der Waals surface area contributed by atoms with Crippen LogP contribution in [0.25, 0.3) is 16.5 Å². The summed E-state index contributed by atoms with van der Waals surface area (Å²) in [6.07, 6.45) is 0. The van der Waals surface area contributed by atoms with E-state index in [0.717, 1.165) is 21.9 Å². The van der Waals surface area contributed by atoms with Gasteiger partial charge in [-0.3, -0.25) is 0 Å². The molecule has 1 heterocycles. The molecular formula is C23H18O3. The molecule has 128 valence electrons. The van der Waals surface area contributed by atoms with Gasteiger partial charge in [0, 0.05) is 5.56 Å². The first-order chi connectivity index (χ1) is 12.7. The summed E-state index contributed by atoms with van der Waals surface area (Å²) in [5.41, 5.74) is 2.27. The molecule has 0 bridgehead atoms. The van der Waals surface area contributed by atoms with Gasteiger partial charge in [-0.2, -0.15) is 0 Å². The van der Waals surface area contributed by atoms with Crippen LogP contribution in [0.2, 0.25) is 0 Å². The molecule has 3 aromatic rings. The van der Waals surface area contributed by atoms with Crippen molar-refractivity contribution in [2.75, 3.05) is 7.11 Å². The molecule has 0 saturated heterocycles. The maximum Gasteiger partial charge on any atom is 0.338 e. The second-order valence-electron chi connectivity index (χ2n) is 6.21. The molecule has 26 heavy (non-hydrogen) atoms. The van der Waals surface area contributed by atoms with E-state index in [0.29, 0.717) is 17.1 Å². The van der Waals surface area contributed by atoms with Crippen molar-refractivity contribution in [3.63, 3.8) is 0 Å². The van der Waals surface area contributed by atoms with Gasteiger partial charge in [-0.25, -0.2) is 4.79 Å². The Kier molecular flexibility index (Phi) is 4.05. The summed E-state index contributed by atoms with van der Waals surface area (Å²) in [5.74, 6) is 0.281. The third-order valence-corrected chi connectivity index (χ3v) is 4.64. The first kappa shape index (κ1) is 16.2. The number of carbonyl (C=O) groups excluding carboxylic acids is 1. The number of esters is 1. The van der Waals surface area contributed by atoms with Crippen LogP contribution in [0.4, 0.5) is 0 Å². The van der Waals surface area contributed by atoms with Crippen LogP contribution in [-0.2, 0) is 14.3 Å². The quantitative estimate of drug-likeness (QED) is 0.625. The summed E-state index contributed by atoms with van der Waals surface area (Å²) >= 11 is 0. The van der Waals surface area contributed by atoms with Gasteiger partial charge < -0.3 is 9.47 Å². The van der Waals surface area contributed by atoms with E-state index in [4.69, 9.17) is 9.47 Å². The average molecular weight is 342 g/mol. The molecule has 3 heteroatoms. The number of allylic oxidation sites excluding steroid dienone is 1. The molecule has 4 rings (SSSR count). The van der Waals surface area contributed by atoms with Crippen molar-refractivity contribution in [2.24, 2.45) is 0 Å². The van der Waals surface area contributed by atoms with Gasteiger partial charge in [-0.1, -0.05) is 79.4 Å². The Hall–Kier alpha value is -3.33. The molecule has 3 nitrogen and oxygen atoms in total. The Labute approximate surface area is 152 Å². The summed E-state index contributed by atoms with van der Waals surface area (Å²) in [6.45, 7) is 4.06. The number of hydrogen-bond acceptors (Lipinski definition) is 3. The zero-order valence-corrected chi connectivity index (χ0v) is 14.4. The van der Waals surface area contributed by atoms with Gasteiger partial charge in [-0.15, -0.1) is 0 Å². The van der Waals surface area contributed by atoms with Crippen LogP contribution >= 0.6 is 0 Å². The molecule has 0 aromatic heterocycles. The van der Waals surface area contributed by atoms with Crippen molar-refractivity contribution in [3.8, 4) is 0 Å². The highest BCUT2D eigenvalue weighted by Gasteiger charge is 2.38. The fraction of sp³-hybridized carbons (Fsp3) is 0.0870. The minimum absolute atomic E-state index is 0.359. The molecule has 0 spiro atoms. The fourth-order valence-electron chi connectivity index (χ4n) is 3.40. The van der Waals surface area contributed by atoms with E-state index in [1.807, 2.05) is 54.6 Å². The van der Waals surface area contributed by atoms with Crippen LogP contribution in [0, 0.1) is 0 Å². The van der Waals surface area contributed by atoms with Gasteiger partial charge in [0.1, 0.15) is 11.5 Å². The molecule has 0 N–H and O–H groups in total. The van der Waals surface area contributed by atoms with Gasteiger partial charge in [0.05, 0.1) is 18.6 Å². The van der Waals surface area contributed by atoms with E-state index in [-0.39, 0.29) is 5.92 Å². The van der Waals surface area contributed by atoms with Crippen molar-refractivity contribution in [1.82, 2.24) is 0 Å². The molecule has 3 aromatic carbocycles. The number of ether oxygens (including phenoxy) is 2. The second kappa shape index (κ2) is 6.52. The SMILES string of the molecule is C=C1OC(c2ccccc2)=C(C(=O)OC)[C@H]1c1ccc2ccccc2c1. The van der Waals surface area contributed by atoms with Crippen molar-refractivity contribution in [3.05, 3.63) is 102 Å². The highest BCUT2D eigenvalue weighted by Crippen LogP contribution is 2.45. The molecule has 0 fully saturated rings. The molecule has 1 aliphatic rings. The zero-order valence-electron chi connectivity index (χ0n) is 14.4. The summed E-state index contributed by atoms with van der Waals surface area (Å²) in [5, 5.41) is 2.25. The van der Waals surface area contributed by atoms with Crippen molar-refractivity contribution in [1.29, 1.82) is 0 Å². The van der Waals surface area contributed by atoms with Crippen LogP contribution in [0.5, 0.6) is 0 Å². The lowest BCUT2D eigenvalue weighted by Crippen LogP contribution is -2.12.